The van der Waals surface area contributed by atoms with Gasteiger partial charge in [-0.25, -0.2) is 0 Å². The third kappa shape index (κ3) is 2.96. The summed E-state index contributed by atoms with van der Waals surface area (Å²) in [4.78, 5) is 9.22. The molecule has 2 radical (unpaired) electrons. The fourth-order valence-electron chi connectivity index (χ4n) is 1.69. The summed E-state index contributed by atoms with van der Waals surface area (Å²) in [5, 5.41) is 1.11. The van der Waals surface area contributed by atoms with Gasteiger partial charge < -0.3 is 4.80 Å². The summed E-state index contributed by atoms with van der Waals surface area (Å²) in [6.45, 7) is 4.46. The smallest absolute Gasteiger partial charge is 0.265 e. The molecule has 1 N–H and O–H groups in total. The summed E-state index contributed by atoms with van der Waals surface area (Å²) in [7, 11) is -0.0733. The first-order valence-electron chi connectivity index (χ1n) is 5.28. The molecule has 14 heavy (non-hydrogen) atoms. The Morgan fingerprint density at radius 2 is 2.07 bits per heavy atom. The van der Waals surface area contributed by atoms with Crippen molar-refractivity contribution in [3.05, 3.63) is 29.8 Å². The Bertz CT molecular complexity index is 273. The van der Waals surface area contributed by atoms with Crippen LogP contribution in [0.25, 0.3) is 0 Å². The van der Waals surface area contributed by atoms with Gasteiger partial charge in [0.15, 0.2) is 0 Å². The van der Waals surface area contributed by atoms with Crippen LogP contribution in [0.2, 0.25) is 0 Å². The van der Waals surface area contributed by atoms with E-state index in [0.29, 0.717) is 5.92 Å². The van der Waals surface area contributed by atoms with Crippen LogP contribution < -0.4 is 5.19 Å². The first-order chi connectivity index (χ1) is 6.79. The zero-order chi connectivity index (χ0) is 10.4. The molecule has 0 bridgehead atoms. The summed E-state index contributed by atoms with van der Waals surface area (Å²) in [6.07, 6.45) is 3.73. The first-order valence-corrected chi connectivity index (χ1v) is 6.23. The maximum Gasteiger partial charge on any atom is 0.265 e. The van der Waals surface area contributed by atoms with Gasteiger partial charge in [-0.15, -0.1) is 0 Å². The molecular weight excluding hydrogens is 188 g/mol. The molecule has 0 aromatic heterocycles. The molecule has 0 spiro atoms. The highest BCUT2D eigenvalue weighted by Gasteiger charge is 2.09. The van der Waals surface area contributed by atoms with Crippen LogP contribution in [0, 0.1) is 0 Å². The van der Waals surface area contributed by atoms with Crippen molar-refractivity contribution in [3.63, 3.8) is 0 Å². The lowest BCUT2D eigenvalue weighted by atomic mass is 9.95. The number of hydrogen-bond acceptors (Lipinski definition) is 1. The second-order valence-electron chi connectivity index (χ2n) is 3.74. The number of unbranched alkanes of at least 4 members (excludes halogenated alkanes) is 1. The second-order valence-corrected chi connectivity index (χ2v) is 4.50. The van der Waals surface area contributed by atoms with Crippen LogP contribution in [0.15, 0.2) is 24.3 Å². The van der Waals surface area contributed by atoms with Crippen LogP contribution in [0.1, 0.15) is 44.6 Å². The average molecular weight is 206 g/mol. The lowest BCUT2D eigenvalue weighted by Crippen LogP contribution is -2.20. The van der Waals surface area contributed by atoms with E-state index in [9.17, 15) is 4.80 Å². The lowest BCUT2D eigenvalue weighted by Gasteiger charge is -2.14. The SMILES string of the molecule is CCCCC(C)c1ccccc1[Si]O. The predicted octanol–water partition coefficient (Wildman–Crippen LogP) is 2.22. The van der Waals surface area contributed by atoms with E-state index < -0.39 is 0 Å². The molecule has 0 aliphatic carbocycles. The van der Waals surface area contributed by atoms with Crippen LogP contribution in [-0.4, -0.2) is 14.6 Å². The minimum Gasteiger partial charge on any atom is -0.428 e. The average Bonchev–Trinajstić information content (AvgIpc) is 2.25. The van der Waals surface area contributed by atoms with Gasteiger partial charge in [-0.1, -0.05) is 51.0 Å². The molecule has 0 saturated carbocycles. The Labute approximate surface area is 89.1 Å². The van der Waals surface area contributed by atoms with Gasteiger partial charge in [-0.2, -0.15) is 0 Å². The van der Waals surface area contributed by atoms with Crippen LogP contribution in [0.5, 0.6) is 0 Å². The Morgan fingerprint density at radius 1 is 1.36 bits per heavy atom. The van der Waals surface area contributed by atoms with Crippen molar-refractivity contribution in [1.29, 1.82) is 0 Å². The molecule has 0 amide bonds. The fraction of sp³-hybridized carbons (Fsp3) is 0.500. The van der Waals surface area contributed by atoms with E-state index in [2.05, 4.69) is 26.0 Å². The molecule has 1 atom stereocenters. The van der Waals surface area contributed by atoms with E-state index in [1.165, 1.54) is 24.8 Å². The lowest BCUT2D eigenvalue weighted by molar-refractivity contribution is 0.608. The van der Waals surface area contributed by atoms with Crippen LogP contribution >= 0.6 is 0 Å². The normalized spacial score (nSPS) is 12.8. The summed E-state index contributed by atoms with van der Waals surface area (Å²) in [6, 6.07) is 8.21. The highest BCUT2D eigenvalue weighted by molar-refractivity contribution is 6.46. The molecular formula is C12H18OSi. The van der Waals surface area contributed by atoms with Crippen LogP contribution in [0.4, 0.5) is 0 Å². The van der Waals surface area contributed by atoms with E-state index in [1.807, 2.05) is 12.1 Å². The van der Waals surface area contributed by atoms with Gasteiger partial charge >= 0.3 is 0 Å². The quantitative estimate of drug-likeness (QED) is 0.732. The van der Waals surface area contributed by atoms with Crippen molar-refractivity contribution < 1.29 is 4.80 Å². The molecule has 0 aliphatic heterocycles. The zero-order valence-corrected chi connectivity index (χ0v) is 9.96. The predicted molar refractivity (Wildman–Crippen MR) is 62.0 cm³/mol. The molecule has 1 aromatic rings. The highest BCUT2D eigenvalue weighted by atomic mass is 28.2. The molecule has 0 aliphatic rings. The minimum absolute atomic E-state index is 0.0733. The Balaban J connectivity index is 2.72. The number of hydrogen-bond donors (Lipinski definition) is 1. The number of rotatable bonds is 5. The molecule has 0 saturated heterocycles. The van der Waals surface area contributed by atoms with Gasteiger partial charge in [0.1, 0.15) is 0 Å². The Morgan fingerprint density at radius 3 is 2.71 bits per heavy atom. The zero-order valence-electron chi connectivity index (χ0n) is 8.96. The summed E-state index contributed by atoms with van der Waals surface area (Å²) in [5.41, 5.74) is 1.32. The van der Waals surface area contributed by atoms with E-state index in [4.69, 9.17) is 0 Å². The third-order valence-electron chi connectivity index (χ3n) is 2.60. The van der Waals surface area contributed by atoms with Gasteiger partial charge in [0.05, 0.1) is 0 Å². The molecule has 76 valence electrons. The molecule has 1 rings (SSSR count). The van der Waals surface area contributed by atoms with Crippen LogP contribution in [0.3, 0.4) is 0 Å². The minimum atomic E-state index is -0.0733. The molecule has 2 heteroatoms. The van der Waals surface area contributed by atoms with Gasteiger partial charge in [-0.3, -0.25) is 0 Å². The van der Waals surface area contributed by atoms with Gasteiger partial charge in [0.2, 0.25) is 0 Å². The standard InChI is InChI=1S/C12H18OSi/c1-3-4-7-10(2)11-8-5-6-9-12(11)14-13/h5-6,8-10,13H,3-4,7H2,1-2H3. The molecule has 1 aromatic carbocycles. The maximum absolute atomic E-state index is 9.22. The van der Waals surface area contributed by atoms with Gasteiger partial charge in [0.25, 0.3) is 9.76 Å². The fourth-order valence-corrected chi connectivity index (χ4v) is 2.32. The third-order valence-corrected chi connectivity index (χ3v) is 3.30. The topological polar surface area (TPSA) is 20.2 Å². The summed E-state index contributed by atoms with van der Waals surface area (Å²) >= 11 is 0. The van der Waals surface area contributed by atoms with Gasteiger partial charge in [-0.05, 0) is 23.1 Å². The molecule has 0 heterocycles. The summed E-state index contributed by atoms with van der Waals surface area (Å²) < 4.78 is 0. The number of benzene rings is 1. The van der Waals surface area contributed by atoms with E-state index in [1.54, 1.807) is 0 Å². The van der Waals surface area contributed by atoms with Crippen LogP contribution in [-0.2, 0) is 0 Å². The van der Waals surface area contributed by atoms with Crippen molar-refractivity contribution in [2.45, 2.75) is 39.0 Å². The molecule has 1 unspecified atom stereocenters. The molecule has 0 fully saturated rings. The molecule has 1 nitrogen and oxygen atoms in total. The van der Waals surface area contributed by atoms with E-state index >= 15 is 0 Å². The Hall–Kier alpha value is -0.603. The van der Waals surface area contributed by atoms with Crippen molar-refractivity contribution in [2.24, 2.45) is 0 Å². The second kappa shape index (κ2) is 5.99. The highest BCUT2D eigenvalue weighted by Crippen LogP contribution is 2.19. The van der Waals surface area contributed by atoms with E-state index in [-0.39, 0.29) is 9.76 Å². The largest absolute Gasteiger partial charge is 0.428 e. The van der Waals surface area contributed by atoms with E-state index in [0.717, 1.165) is 5.19 Å². The van der Waals surface area contributed by atoms with Gasteiger partial charge in [0, 0.05) is 0 Å². The van der Waals surface area contributed by atoms with Crippen molar-refractivity contribution >= 4 is 14.9 Å². The van der Waals surface area contributed by atoms with Crippen molar-refractivity contribution in [3.8, 4) is 0 Å². The Kier molecular flexibility index (Phi) is 4.91. The van der Waals surface area contributed by atoms with Crippen molar-refractivity contribution in [2.75, 3.05) is 0 Å². The first kappa shape index (κ1) is 11.5. The summed E-state index contributed by atoms with van der Waals surface area (Å²) in [5.74, 6) is 0.575. The van der Waals surface area contributed by atoms with Crippen molar-refractivity contribution in [1.82, 2.24) is 0 Å². The monoisotopic (exact) mass is 206 g/mol. The maximum atomic E-state index is 9.22.